The summed E-state index contributed by atoms with van der Waals surface area (Å²) >= 11 is 0.276. The first-order valence-electron chi connectivity index (χ1n) is 11.3. The third-order valence-electron chi connectivity index (χ3n) is 5.30. The highest BCUT2D eigenvalue weighted by molar-refractivity contribution is 7.15. The molecule has 2 heterocycles. The highest BCUT2D eigenvalue weighted by atomic mass is 32.1. The minimum absolute atomic E-state index is 0.0766. The zero-order valence-electron chi connectivity index (χ0n) is 20.8. The van der Waals surface area contributed by atoms with Gasteiger partial charge in [-0.05, 0) is 38.2 Å². The number of amides is 2. The Balaban J connectivity index is 1.82. The molecule has 39 heavy (non-hydrogen) atoms. The fraction of sp³-hybridized carbons (Fsp3) is 0.280. The summed E-state index contributed by atoms with van der Waals surface area (Å²) in [5, 5.41) is 4.24. The molecule has 1 atom stereocenters. The number of alkyl halides is 6. The van der Waals surface area contributed by atoms with Crippen molar-refractivity contribution in [2.45, 2.75) is 25.2 Å². The second kappa shape index (κ2) is 11.9. The lowest BCUT2D eigenvalue weighted by atomic mass is 9.95. The number of anilines is 2. The molecular formula is C25H23F6N5O2S. The fourth-order valence-corrected chi connectivity index (χ4v) is 3.97. The van der Waals surface area contributed by atoms with Crippen molar-refractivity contribution in [3.8, 4) is 11.1 Å². The lowest BCUT2D eigenvalue weighted by molar-refractivity contribution is -0.137. The Labute approximate surface area is 223 Å². The number of thiazole rings is 1. The Morgan fingerprint density at radius 2 is 1.72 bits per heavy atom. The topological polar surface area (TPSA) is 87.2 Å². The quantitative estimate of drug-likeness (QED) is 0.254. The van der Waals surface area contributed by atoms with Crippen molar-refractivity contribution in [1.29, 1.82) is 0 Å². The van der Waals surface area contributed by atoms with Gasteiger partial charge in [0, 0.05) is 24.4 Å². The van der Waals surface area contributed by atoms with Crippen LogP contribution < -0.4 is 10.6 Å². The molecule has 0 aliphatic carbocycles. The van der Waals surface area contributed by atoms with Crippen LogP contribution in [0.15, 0.2) is 54.9 Å². The maximum Gasteiger partial charge on any atom is 0.427 e. The normalized spacial score (nSPS) is 13.1. The molecule has 0 saturated heterocycles. The van der Waals surface area contributed by atoms with Crippen LogP contribution in [0.3, 0.4) is 0 Å². The highest BCUT2D eigenvalue weighted by Gasteiger charge is 2.36. The van der Waals surface area contributed by atoms with Crippen LogP contribution in [0, 0.1) is 0 Å². The molecule has 208 valence electrons. The molecule has 0 aliphatic heterocycles. The first-order chi connectivity index (χ1) is 18.1. The number of rotatable bonds is 8. The number of nitrogens with one attached hydrogen (secondary N) is 2. The van der Waals surface area contributed by atoms with E-state index in [2.05, 4.69) is 20.6 Å². The molecular weight excluding hydrogens is 548 g/mol. The van der Waals surface area contributed by atoms with Crippen molar-refractivity contribution in [3.63, 3.8) is 0 Å². The third kappa shape index (κ3) is 8.10. The molecule has 3 rings (SSSR count). The molecule has 0 radical (unpaired) electrons. The van der Waals surface area contributed by atoms with E-state index in [1.807, 2.05) is 0 Å². The first-order valence-corrected chi connectivity index (χ1v) is 12.1. The molecule has 2 amide bonds. The first kappa shape index (κ1) is 29.8. The van der Waals surface area contributed by atoms with Crippen LogP contribution in [-0.4, -0.2) is 47.3 Å². The fourth-order valence-electron chi connectivity index (χ4n) is 3.28. The third-order valence-corrected chi connectivity index (χ3v) is 6.26. The molecule has 1 unspecified atom stereocenters. The molecule has 7 nitrogen and oxygen atoms in total. The SMILES string of the molecule is CC(C(=O)Nc1ncc(C(F)(F)F)s1)c1cccc(-c2cnc(NC(=O)/C=C/CN(C)C)c(C(F)(F)F)c2)c1. The number of nitrogens with zero attached hydrogens (tertiary/aromatic N) is 3. The van der Waals surface area contributed by atoms with Gasteiger partial charge in [-0.1, -0.05) is 41.7 Å². The van der Waals surface area contributed by atoms with Gasteiger partial charge in [-0.15, -0.1) is 0 Å². The molecule has 2 aromatic heterocycles. The summed E-state index contributed by atoms with van der Waals surface area (Å²) in [4.78, 5) is 32.9. The molecule has 0 bridgehead atoms. The Kier molecular flexibility index (Phi) is 9.12. The number of hydrogen-bond acceptors (Lipinski definition) is 6. The van der Waals surface area contributed by atoms with Crippen molar-refractivity contribution >= 4 is 34.1 Å². The average Bonchev–Trinajstić information content (AvgIpc) is 3.32. The van der Waals surface area contributed by atoms with Gasteiger partial charge in [0.2, 0.25) is 11.8 Å². The molecule has 0 fully saturated rings. The lowest BCUT2D eigenvalue weighted by Crippen LogP contribution is -2.18. The van der Waals surface area contributed by atoms with Gasteiger partial charge in [0.25, 0.3) is 0 Å². The van der Waals surface area contributed by atoms with Gasteiger partial charge in [-0.25, -0.2) is 9.97 Å². The van der Waals surface area contributed by atoms with Gasteiger partial charge in [-0.2, -0.15) is 26.3 Å². The second-order valence-electron chi connectivity index (χ2n) is 8.64. The lowest BCUT2D eigenvalue weighted by Gasteiger charge is -2.15. The van der Waals surface area contributed by atoms with E-state index in [0.717, 1.165) is 18.3 Å². The maximum atomic E-state index is 13.8. The largest absolute Gasteiger partial charge is 0.427 e. The summed E-state index contributed by atoms with van der Waals surface area (Å²) in [6.07, 6.45) is -5.04. The van der Waals surface area contributed by atoms with Gasteiger partial charge in [0.05, 0.1) is 17.7 Å². The average molecular weight is 572 g/mol. The molecule has 14 heteroatoms. The molecule has 0 spiro atoms. The summed E-state index contributed by atoms with van der Waals surface area (Å²) in [6.45, 7) is 1.91. The van der Waals surface area contributed by atoms with Crippen LogP contribution in [-0.2, 0) is 21.9 Å². The Hall–Kier alpha value is -3.78. The van der Waals surface area contributed by atoms with E-state index < -0.39 is 46.3 Å². The van der Waals surface area contributed by atoms with Crippen molar-refractivity contribution in [3.05, 3.63) is 70.9 Å². The van der Waals surface area contributed by atoms with E-state index in [0.29, 0.717) is 23.9 Å². The second-order valence-corrected chi connectivity index (χ2v) is 9.67. The zero-order valence-corrected chi connectivity index (χ0v) is 21.6. The van der Waals surface area contributed by atoms with Gasteiger partial charge < -0.3 is 15.5 Å². The Morgan fingerprint density at radius 3 is 2.33 bits per heavy atom. The van der Waals surface area contributed by atoms with Crippen LogP contribution in [0.5, 0.6) is 0 Å². The summed E-state index contributed by atoms with van der Waals surface area (Å²) in [7, 11) is 3.53. The van der Waals surface area contributed by atoms with Crippen LogP contribution >= 0.6 is 11.3 Å². The number of pyridine rings is 1. The Bertz CT molecular complexity index is 1370. The van der Waals surface area contributed by atoms with Gasteiger partial charge in [0.1, 0.15) is 10.7 Å². The van der Waals surface area contributed by atoms with E-state index >= 15 is 0 Å². The minimum atomic E-state index is -4.83. The molecule has 0 saturated carbocycles. The predicted octanol–water partition coefficient (Wildman–Crippen LogP) is 6.04. The summed E-state index contributed by atoms with van der Waals surface area (Å²) in [5.74, 6) is -2.95. The number of carbonyl (C=O) groups excluding carboxylic acids is 2. The predicted molar refractivity (Wildman–Crippen MR) is 135 cm³/mol. The van der Waals surface area contributed by atoms with E-state index in [1.54, 1.807) is 25.1 Å². The van der Waals surface area contributed by atoms with E-state index in [-0.39, 0.29) is 22.0 Å². The number of carbonyl (C=O) groups is 2. The summed E-state index contributed by atoms with van der Waals surface area (Å²) < 4.78 is 79.8. The van der Waals surface area contributed by atoms with Crippen molar-refractivity contribution in [2.24, 2.45) is 0 Å². The minimum Gasteiger partial charge on any atom is -0.307 e. The van der Waals surface area contributed by atoms with Crippen LogP contribution in [0.25, 0.3) is 11.1 Å². The van der Waals surface area contributed by atoms with Crippen LogP contribution in [0.4, 0.5) is 37.3 Å². The standard InChI is InChI=1S/C25H23F6N5O2S/c1-14(22(38)35-23-33-13-19(39-23)25(29,30)31)15-6-4-7-16(10-15)17-11-18(24(26,27)28)21(32-12-17)34-20(37)8-5-9-36(2)3/h4-8,10-14H,9H2,1-3H3,(H,32,34,37)(H,33,35,38)/b8-5+. The number of hydrogen-bond donors (Lipinski definition) is 2. The van der Waals surface area contributed by atoms with E-state index in [1.165, 1.54) is 31.2 Å². The molecule has 0 aliphatic rings. The number of aromatic nitrogens is 2. The number of halogens is 6. The monoisotopic (exact) mass is 571 g/mol. The van der Waals surface area contributed by atoms with Crippen molar-refractivity contribution in [1.82, 2.24) is 14.9 Å². The van der Waals surface area contributed by atoms with Crippen LogP contribution in [0.2, 0.25) is 0 Å². The van der Waals surface area contributed by atoms with Gasteiger partial charge in [-0.3, -0.25) is 9.59 Å². The number of likely N-dealkylation sites (N-methyl/N-ethyl adjacent to an activating group) is 1. The smallest absolute Gasteiger partial charge is 0.307 e. The summed E-state index contributed by atoms with van der Waals surface area (Å²) in [5.41, 5.74) is -0.375. The van der Waals surface area contributed by atoms with Crippen LogP contribution in [0.1, 0.15) is 28.8 Å². The molecule has 3 aromatic rings. The maximum absolute atomic E-state index is 13.8. The van der Waals surface area contributed by atoms with Crippen molar-refractivity contribution < 1.29 is 35.9 Å². The zero-order chi connectivity index (χ0) is 29.0. The van der Waals surface area contributed by atoms with Gasteiger partial charge >= 0.3 is 12.4 Å². The number of benzene rings is 1. The van der Waals surface area contributed by atoms with Crippen molar-refractivity contribution in [2.75, 3.05) is 31.3 Å². The highest BCUT2D eigenvalue weighted by Crippen LogP contribution is 2.37. The molecule has 2 N–H and O–H groups in total. The van der Waals surface area contributed by atoms with E-state index in [4.69, 9.17) is 0 Å². The summed E-state index contributed by atoms with van der Waals surface area (Å²) in [6, 6.07) is 6.92. The van der Waals surface area contributed by atoms with E-state index in [9.17, 15) is 35.9 Å². The van der Waals surface area contributed by atoms with Gasteiger partial charge in [0.15, 0.2) is 5.13 Å². The molecule has 1 aromatic carbocycles. The Morgan fingerprint density at radius 1 is 1.00 bits per heavy atom.